The van der Waals surface area contributed by atoms with E-state index < -0.39 is 0 Å². The highest BCUT2D eigenvalue weighted by atomic mass is 16.5. The summed E-state index contributed by atoms with van der Waals surface area (Å²) in [6, 6.07) is 7.20. The van der Waals surface area contributed by atoms with Crippen LogP contribution in [0.2, 0.25) is 0 Å². The van der Waals surface area contributed by atoms with Crippen molar-refractivity contribution in [1.82, 2.24) is 15.5 Å². The molecule has 4 heterocycles. The van der Waals surface area contributed by atoms with Crippen molar-refractivity contribution in [3.05, 3.63) is 59.1 Å². The van der Waals surface area contributed by atoms with Gasteiger partial charge in [-0.2, -0.15) is 0 Å². The summed E-state index contributed by atoms with van der Waals surface area (Å²) in [5, 5.41) is 7.41. The van der Waals surface area contributed by atoms with Crippen LogP contribution in [0.5, 0.6) is 0 Å². The monoisotopic (exact) mass is 351 g/mol. The smallest absolute Gasteiger partial charge is 0.259 e. The molecule has 0 fully saturated rings. The lowest BCUT2D eigenvalue weighted by Crippen LogP contribution is -2.23. The zero-order valence-corrected chi connectivity index (χ0v) is 14.6. The predicted octanol–water partition coefficient (Wildman–Crippen LogP) is 3.93. The molecule has 1 amide bonds. The van der Waals surface area contributed by atoms with E-state index in [1.54, 1.807) is 31.4 Å². The minimum absolute atomic E-state index is 0.251. The van der Waals surface area contributed by atoms with Crippen molar-refractivity contribution in [2.75, 3.05) is 0 Å². The zero-order chi connectivity index (χ0) is 18.3. The van der Waals surface area contributed by atoms with Gasteiger partial charge in [0.2, 0.25) is 0 Å². The summed E-state index contributed by atoms with van der Waals surface area (Å²) >= 11 is 0. The number of hydrogen-bond acceptors (Lipinski definition) is 6. The first-order chi connectivity index (χ1) is 12.5. The first kappa shape index (κ1) is 16.1. The fourth-order valence-electron chi connectivity index (χ4n) is 2.97. The van der Waals surface area contributed by atoms with E-state index in [0.29, 0.717) is 40.4 Å². The maximum absolute atomic E-state index is 12.8. The van der Waals surface area contributed by atoms with Gasteiger partial charge in [0, 0.05) is 5.56 Å². The Hall–Kier alpha value is -3.35. The fourth-order valence-corrected chi connectivity index (χ4v) is 2.97. The van der Waals surface area contributed by atoms with Crippen molar-refractivity contribution in [3.63, 3.8) is 0 Å². The minimum Gasteiger partial charge on any atom is -0.467 e. The van der Waals surface area contributed by atoms with Gasteiger partial charge in [-0.15, -0.1) is 0 Å². The van der Waals surface area contributed by atoms with Crippen LogP contribution in [0.3, 0.4) is 0 Å². The molecular weight excluding hydrogens is 334 g/mol. The molecule has 4 rings (SSSR count). The molecule has 0 aliphatic carbocycles. The Balaban J connectivity index is 1.77. The lowest BCUT2D eigenvalue weighted by atomic mass is 10.1. The molecule has 7 heteroatoms. The largest absolute Gasteiger partial charge is 0.467 e. The molecule has 4 aromatic heterocycles. The van der Waals surface area contributed by atoms with E-state index >= 15 is 0 Å². The Bertz CT molecular complexity index is 1090. The molecule has 7 nitrogen and oxygen atoms in total. The number of fused-ring (bicyclic) bond motifs is 1. The molecule has 0 aliphatic rings. The van der Waals surface area contributed by atoms with E-state index in [1.807, 2.05) is 19.9 Å². The number of furan rings is 2. The molecule has 1 N–H and O–H groups in total. The van der Waals surface area contributed by atoms with Gasteiger partial charge in [0.25, 0.3) is 11.6 Å². The Morgan fingerprint density at radius 3 is 2.77 bits per heavy atom. The van der Waals surface area contributed by atoms with Crippen molar-refractivity contribution in [1.29, 1.82) is 0 Å². The SMILES string of the molecule is Cc1cc(-c2cc(C(=O)NCc3ccco3)c3c(C)noc3n2)c(C)o1. The number of pyridine rings is 1. The number of carbonyl (C=O) groups excluding carboxylic acids is 1. The Morgan fingerprint density at radius 2 is 2.08 bits per heavy atom. The zero-order valence-electron chi connectivity index (χ0n) is 14.6. The Kier molecular flexibility index (Phi) is 3.84. The third-order valence-electron chi connectivity index (χ3n) is 4.18. The first-order valence-corrected chi connectivity index (χ1v) is 8.18. The van der Waals surface area contributed by atoms with Crippen molar-refractivity contribution < 1.29 is 18.2 Å². The average Bonchev–Trinajstić information content (AvgIpc) is 3.33. The second kappa shape index (κ2) is 6.18. The number of amides is 1. The molecule has 26 heavy (non-hydrogen) atoms. The molecule has 0 spiro atoms. The van der Waals surface area contributed by atoms with E-state index in [4.69, 9.17) is 13.4 Å². The molecular formula is C19H17N3O4. The molecule has 0 radical (unpaired) electrons. The molecule has 0 saturated heterocycles. The number of nitrogens with zero attached hydrogens (tertiary/aromatic N) is 2. The van der Waals surface area contributed by atoms with Gasteiger partial charge in [0.15, 0.2) is 0 Å². The molecule has 0 bridgehead atoms. The van der Waals surface area contributed by atoms with E-state index in [1.165, 1.54) is 0 Å². The molecule has 132 valence electrons. The molecule has 0 saturated carbocycles. The highest BCUT2D eigenvalue weighted by Crippen LogP contribution is 2.30. The maximum atomic E-state index is 12.8. The van der Waals surface area contributed by atoms with Crippen molar-refractivity contribution in [3.8, 4) is 11.3 Å². The summed E-state index contributed by atoms with van der Waals surface area (Å²) < 4.78 is 16.1. The Morgan fingerprint density at radius 1 is 1.23 bits per heavy atom. The minimum atomic E-state index is -0.251. The third kappa shape index (κ3) is 2.77. The lowest BCUT2D eigenvalue weighted by molar-refractivity contribution is 0.0949. The lowest BCUT2D eigenvalue weighted by Gasteiger charge is -2.07. The van der Waals surface area contributed by atoms with Crippen LogP contribution in [0.1, 0.15) is 33.3 Å². The van der Waals surface area contributed by atoms with Crippen LogP contribution in [-0.4, -0.2) is 16.0 Å². The van der Waals surface area contributed by atoms with Gasteiger partial charge in [-0.1, -0.05) is 5.16 Å². The van der Waals surface area contributed by atoms with Crippen LogP contribution in [0.25, 0.3) is 22.4 Å². The predicted molar refractivity (Wildman–Crippen MR) is 93.6 cm³/mol. The summed E-state index contributed by atoms with van der Waals surface area (Å²) in [6.45, 7) is 5.80. The third-order valence-corrected chi connectivity index (χ3v) is 4.18. The number of carbonyl (C=O) groups is 1. The van der Waals surface area contributed by atoms with Crippen LogP contribution >= 0.6 is 0 Å². The van der Waals surface area contributed by atoms with Gasteiger partial charge in [0.1, 0.15) is 17.3 Å². The standard InChI is InChI=1S/C19H17N3O4/c1-10-7-14(12(3)25-10)16-8-15(17-11(2)22-26-19(17)21-16)18(23)20-9-13-5-4-6-24-13/h4-8H,9H2,1-3H3,(H,20,23). The highest BCUT2D eigenvalue weighted by Gasteiger charge is 2.21. The number of aromatic nitrogens is 2. The number of hydrogen-bond donors (Lipinski definition) is 1. The number of rotatable bonds is 4. The molecule has 4 aromatic rings. The van der Waals surface area contributed by atoms with Gasteiger partial charge in [-0.25, -0.2) is 4.98 Å². The topological polar surface area (TPSA) is 94.3 Å². The van der Waals surface area contributed by atoms with E-state index in [0.717, 1.165) is 17.1 Å². The van der Waals surface area contributed by atoms with E-state index in [9.17, 15) is 4.79 Å². The maximum Gasteiger partial charge on any atom is 0.259 e. The van der Waals surface area contributed by atoms with Gasteiger partial charge >= 0.3 is 0 Å². The molecule has 0 aromatic carbocycles. The molecule has 0 unspecified atom stereocenters. The summed E-state index contributed by atoms with van der Waals surface area (Å²) in [5.41, 5.74) is 2.81. The first-order valence-electron chi connectivity index (χ1n) is 8.18. The second-order valence-corrected chi connectivity index (χ2v) is 6.09. The summed E-state index contributed by atoms with van der Waals surface area (Å²) in [5.74, 6) is 1.93. The molecule has 0 aliphatic heterocycles. The number of nitrogens with one attached hydrogen (secondary N) is 1. The fraction of sp³-hybridized carbons (Fsp3) is 0.211. The summed E-state index contributed by atoms with van der Waals surface area (Å²) in [4.78, 5) is 17.3. The van der Waals surface area contributed by atoms with Gasteiger partial charge in [-0.05, 0) is 45.0 Å². The van der Waals surface area contributed by atoms with Gasteiger partial charge in [0.05, 0.1) is 35.1 Å². The van der Waals surface area contributed by atoms with Crippen LogP contribution in [0.15, 0.2) is 43.9 Å². The Labute approximate surface area is 149 Å². The van der Waals surface area contributed by atoms with Gasteiger partial charge in [-0.3, -0.25) is 4.79 Å². The average molecular weight is 351 g/mol. The highest BCUT2D eigenvalue weighted by molar-refractivity contribution is 6.07. The van der Waals surface area contributed by atoms with Crippen LogP contribution in [-0.2, 0) is 6.54 Å². The van der Waals surface area contributed by atoms with Crippen LogP contribution in [0.4, 0.5) is 0 Å². The van der Waals surface area contributed by atoms with E-state index in [2.05, 4.69) is 15.5 Å². The summed E-state index contributed by atoms with van der Waals surface area (Å²) in [6.07, 6.45) is 1.57. The van der Waals surface area contributed by atoms with Crippen molar-refractivity contribution >= 4 is 17.0 Å². The van der Waals surface area contributed by atoms with Gasteiger partial charge < -0.3 is 18.7 Å². The quantitative estimate of drug-likeness (QED) is 0.598. The van der Waals surface area contributed by atoms with Crippen LogP contribution < -0.4 is 5.32 Å². The second-order valence-electron chi connectivity index (χ2n) is 6.09. The molecule has 0 atom stereocenters. The van der Waals surface area contributed by atoms with Crippen molar-refractivity contribution in [2.24, 2.45) is 0 Å². The normalized spacial score (nSPS) is 11.2. The van der Waals surface area contributed by atoms with Crippen molar-refractivity contribution in [2.45, 2.75) is 27.3 Å². The number of aryl methyl sites for hydroxylation is 3. The van der Waals surface area contributed by atoms with Crippen LogP contribution in [0, 0.1) is 20.8 Å². The summed E-state index contributed by atoms with van der Waals surface area (Å²) in [7, 11) is 0. The van der Waals surface area contributed by atoms with E-state index in [-0.39, 0.29) is 5.91 Å².